The Morgan fingerprint density at radius 3 is 2.77 bits per heavy atom. The number of imidazole rings is 1. The maximum Gasteiger partial charge on any atom is 0.103 e. The molecule has 0 bridgehead atoms. The van der Waals surface area contributed by atoms with Crippen LogP contribution in [0.15, 0.2) is 55.0 Å². The van der Waals surface area contributed by atoms with E-state index in [1.807, 2.05) is 25.5 Å². The van der Waals surface area contributed by atoms with Gasteiger partial charge in [-0.2, -0.15) is 0 Å². The summed E-state index contributed by atoms with van der Waals surface area (Å²) in [5.41, 5.74) is 5.23. The van der Waals surface area contributed by atoms with E-state index in [2.05, 4.69) is 56.3 Å². The number of hydrogen-bond acceptors (Lipinski definition) is 3. The first-order valence-electron chi connectivity index (χ1n) is 9.52. The van der Waals surface area contributed by atoms with E-state index in [1.165, 1.54) is 48.2 Å². The number of benzene rings is 1. The fourth-order valence-corrected chi connectivity index (χ4v) is 4.04. The molecule has 4 heteroatoms. The van der Waals surface area contributed by atoms with Crippen LogP contribution in [0.1, 0.15) is 36.3 Å². The van der Waals surface area contributed by atoms with Crippen LogP contribution < -0.4 is 0 Å². The SMILES string of the molecule is Cc1ncc(CN2CCCCC2Cc2ccccc2-c2ccncc2)[nH]1. The number of hydrogen-bond donors (Lipinski definition) is 1. The quantitative estimate of drug-likeness (QED) is 0.746. The maximum absolute atomic E-state index is 4.36. The average molecular weight is 346 g/mol. The zero-order valence-electron chi connectivity index (χ0n) is 15.4. The highest BCUT2D eigenvalue weighted by molar-refractivity contribution is 5.66. The molecule has 1 unspecified atom stereocenters. The van der Waals surface area contributed by atoms with E-state index in [0.717, 1.165) is 18.8 Å². The number of aromatic nitrogens is 3. The minimum atomic E-state index is 0.579. The van der Waals surface area contributed by atoms with Crippen LogP contribution in [0.5, 0.6) is 0 Å². The van der Waals surface area contributed by atoms with Crippen molar-refractivity contribution in [3.63, 3.8) is 0 Å². The van der Waals surface area contributed by atoms with Crippen molar-refractivity contribution in [3.05, 3.63) is 72.1 Å². The Kier molecular flexibility index (Phi) is 5.12. The maximum atomic E-state index is 4.36. The van der Waals surface area contributed by atoms with Gasteiger partial charge in [0, 0.05) is 36.9 Å². The lowest BCUT2D eigenvalue weighted by molar-refractivity contribution is 0.138. The Labute approximate surface area is 155 Å². The van der Waals surface area contributed by atoms with Gasteiger partial charge >= 0.3 is 0 Å². The molecule has 0 aliphatic carbocycles. The molecule has 1 aliphatic heterocycles. The van der Waals surface area contributed by atoms with Crippen LogP contribution in [0.25, 0.3) is 11.1 Å². The normalized spacial score (nSPS) is 18.1. The highest BCUT2D eigenvalue weighted by Crippen LogP contribution is 2.28. The molecule has 2 aromatic heterocycles. The average Bonchev–Trinajstić information content (AvgIpc) is 3.09. The van der Waals surface area contributed by atoms with Crippen molar-refractivity contribution in [2.24, 2.45) is 0 Å². The van der Waals surface area contributed by atoms with Gasteiger partial charge in [-0.05, 0) is 61.6 Å². The van der Waals surface area contributed by atoms with Crippen LogP contribution in [-0.2, 0) is 13.0 Å². The van der Waals surface area contributed by atoms with Crippen LogP contribution in [0.4, 0.5) is 0 Å². The summed E-state index contributed by atoms with van der Waals surface area (Å²) in [7, 11) is 0. The second kappa shape index (κ2) is 7.83. The number of nitrogens with zero attached hydrogens (tertiary/aromatic N) is 3. The number of nitrogens with one attached hydrogen (secondary N) is 1. The van der Waals surface area contributed by atoms with E-state index < -0.39 is 0 Å². The minimum absolute atomic E-state index is 0.579. The van der Waals surface area contributed by atoms with Gasteiger partial charge in [0.1, 0.15) is 5.82 Å². The van der Waals surface area contributed by atoms with Crippen molar-refractivity contribution in [3.8, 4) is 11.1 Å². The molecule has 1 N–H and O–H groups in total. The molecule has 0 amide bonds. The third kappa shape index (κ3) is 3.86. The third-order valence-corrected chi connectivity index (χ3v) is 5.34. The highest BCUT2D eigenvalue weighted by Gasteiger charge is 2.24. The summed E-state index contributed by atoms with van der Waals surface area (Å²) in [6.07, 6.45) is 10.7. The van der Waals surface area contributed by atoms with Crippen molar-refractivity contribution in [1.82, 2.24) is 19.9 Å². The molecule has 0 radical (unpaired) electrons. The lowest BCUT2D eigenvalue weighted by Gasteiger charge is -2.36. The van der Waals surface area contributed by atoms with Gasteiger partial charge in [0.2, 0.25) is 0 Å². The van der Waals surface area contributed by atoms with Crippen molar-refractivity contribution in [2.75, 3.05) is 6.54 Å². The Hall–Kier alpha value is -2.46. The number of pyridine rings is 1. The Morgan fingerprint density at radius 2 is 1.96 bits per heavy atom. The molecule has 0 saturated carbocycles. The van der Waals surface area contributed by atoms with Gasteiger partial charge in [0.05, 0.1) is 0 Å². The number of rotatable bonds is 5. The molecular formula is C22H26N4. The van der Waals surface area contributed by atoms with Gasteiger partial charge in [-0.3, -0.25) is 9.88 Å². The molecule has 26 heavy (non-hydrogen) atoms. The van der Waals surface area contributed by atoms with Gasteiger partial charge in [-0.15, -0.1) is 0 Å². The van der Waals surface area contributed by atoms with E-state index in [0.29, 0.717) is 6.04 Å². The van der Waals surface area contributed by atoms with Crippen LogP contribution >= 0.6 is 0 Å². The van der Waals surface area contributed by atoms with E-state index in [4.69, 9.17) is 0 Å². The fraction of sp³-hybridized carbons (Fsp3) is 0.364. The standard InChI is InChI=1S/C22H26N4/c1-17-24-15-20(25-17)16-26-13-5-4-7-21(26)14-19-6-2-3-8-22(19)18-9-11-23-12-10-18/h2-3,6,8-12,15,21H,4-5,7,13-14,16H2,1H3,(H,24,25). The first-order valence-corrected chi connectivity index (χ1v) is 9.52. The molecule has 4 nitrogen and oxygen atoms in total. The zero-order valence-corrected chi connectivity index (χ0v) is 15.4. The van der Waals surface area contributed by atoms with Crippen LogP contribution in [0.3, 0.4) is 0 Å². The van der Waals surface area contributed by atoms with Crippen LogP contribution in [-0.4, -0.2) is 32.4 Å². The fourth-order valence-electron chi connectivity index (χ4n) is 4.04. The molecule has 0 spiro atoms. The van der Waals surface area contributed by atoms with E-state index >= 15 is 0 Å². The number of aromatic amines is 1. The summed E-state index contributed by atoms with van der Waals surface area (Å²) in [6, 6.07) is 13.6. The first-order chi connectivity index (χ1) is 12.8. The molecule has 134 valence electrons. The zero-order chi connectivity index (χ0) is 17.8. The Balaban J connectivity index is 1.55. The molecule has 3 heterocycles. The number of likely N-dealkylation sites (tertiary alicyclic amines) is 1. The van der Waals surface area contributed by atoms with Gasteiger partial charge in [-0.1, -0.05) is 30.7 Å². The molecule has 1 fully saturated rings. The van der Waals surface area contributed by atoms with Crippen molar-refractivity contribution in [2.45, 2.75) is 45.2 Å². The van der Waals surface area contributed by atoms with Gasteiger partial charge in [0.25, 0.3) is 0 Å². The van der Waals surface area contributed by atoms with E-state index in [1.54, 1.807) is 0 Å². The largest absolute Gasteiger partial charge is 0.345 e. The van der Waals surface area contributed by atoms with Gasteiger partial charge in [-0.25, -0.2) is 4.98 Å². The topological polar surface area (TPSA) is 44.8 Å². The molecule has 4 rings (SSSR count). The predicted molar refractivity (Wildman–Crippen MR) is 105 cm³/mol. The van der Waals surface area contributed by atoms with Crippen molar-refractivity contribution in [1.29, 1.82) is 0 Å². The molecule has 1 aromatic carbocycles. The molecule has 3 aromatic rings. The smallest absolute Gasteiger partial charge is 0.103 e. The summed E-state index contributed by atoms with van der Waals surface area (Å²) in [5.74, 6) is 0.997. The van der Waals surface area contributed by atoms with E-state index in [9.17, 15) is 0 Å². The summed E-state index contributed by atoms with van der Waals surface area (Å²) in [4.78, 5) is 14.5. The number of H-pyrrole nitrogens is 1. The number of aryl methyl sites for hydroxylation is 1. The summed E-state index contributed by atoms with van der Waals surface area (Å²) in [5, 5.41) is 0. The second-order valence-corrected chi connectivity index (χ2v) is 7.21. The van der Waals surface area contributed by atoms with Crippen molar-refractivity contribution < 1.29 is 0 Å². The van der Waals surface area contributed by atoms with Crippen LogP contribution in [0, 0.1) is 6.92 Å². The molecular weight excluding hydrogens is 320 g/mol. The van der Waals surface area contributed by atoms with Gasteiger partial charge in [0.15, 0.2) is 0 Å². The first kappa shape index (κ1) is 17.0. The van der Waals surface area contributed by atoms with Gasteiger partial charge < -0.3 is 4.98 Å². The molecule has 1 saturated heterocycles. The number of piperidine rings is 1. The summed E-state index contributed by atoms with van der Waals surface area (Å²) in [6.45, 7) is 4.14. The summed E-state index contributed by atoms with van der Waals surface area (Å²) < 4.78 is 0. The highest BCUT2D eigenvalue weighted by atomic mass is 15.2. The monoisotopic (exact) mass is 346 g/mol. The summed E-state index contributed by atoms with van der Waals surface area (Å²) >= 11 is 0. The van der Waals surface area contributed by atoms with Crippen molar-refractivity contribution >= 4 is 0 Å². The minimum Gasteiger partial charge on any atom is -0.345 e. The Morgan fingerprint density at radius 1 is 1.12 bits per heavy atom. The Bertz CT molecular complexity index is 840. The second-order valence-electron chi connectivity index (χ2n) is 7.21. The lowest BCUT2D eigenvalue weighted by atomic mass is 9.91. The molecule has 1 aliphatic rings. The van der Waals surface area contributed by atoms with Crippen LogP contribution in [0.2, 0.25) is 0 Å². The molecule has 1 atom stereocenters. The predicted octanol–water partition coefficient (Wildman–Crippen LogP) is 4.38. The lowest BCUT2D eigenvalue weighted by Crippen LogP contribution is -2.40. The van der Waals surface area contributed by atoms with E-state index in [-0.39, 0.29) is 0 Å². The third-order valence-electron chi connectivity index (χ3n) is 5.34.